The van der Waals surface area contributed by atoms with Crippen LogP contribution in [0.1, 0.15) is 22.8 Å². The lowest BCUT2D eigenvalue weighted by atomic mass is 10.1. The molecule has 1 N–H and O–H groups in total. The number of hydrogen-bond donors (Lipinski definition) is 1. The minimum atomic E-state index is -0.910. The van der Waals surface area contributed by atoms with Crippen LogP contribution in [-0.2, 0) is 0 Å². The number of benzene rings is 1. The van der Waals surface area contributed by atoms with E-state index in [2.05, 4.69) is 0 Å². The first-order chi connectivity index (χ1) is 5.61. The zero-order valence-corrected chi connectivity index (χ0v) is 7.24. The minimum absolute atomic E-state index is 0.227. The molecule has 0 bridgehead atoms. The van der Waals surface area contributed by atoms with Gasteiger partial charge in [-0.25, -0.2) is 0 Å². The van der Waals surface area contributed by atoms with Gasteiger partial charge in [-0.2, -0.15) is 0 Å². The summed E-state index contributed by atoms with van der Waals surface area (Å²) in [5.74, 6) is -0.227. The van der Waals surface area contributed by atoms with Crippen LogP contribution in [0.4, 0.5) is 0 Å². The Bertz CT molecular complexity index is 272. The molecule has 12 heavy (non-hydrogen) atoms. The van der Waals surface area contributed by atoms with Gasteiger partial charge in [-0.05, 0) is 13.8 Å². The van der Waals surface area contributed by atoms with Crippen LogP contribution in [0, 0.1) is 6.92 Å². The molecule has 0 saturated carbocycles. The van der Waals surface area contributed by atoms with Gasteiger partial charge in [0.1, 0.15) is 6.10 Å². The van der Waals surface area contributed by atoms with E-state index in [1.807, 2.05) is 19.1 Å². The lowest BCUT2D eigenvalue weighted by Crippen LogP contribution is -2.15. The molecule has 0 radical (unpaired) electrons. The van der Waals surface area contributed by atoms with Gasteiger partial charge in [0.2, 0.25) is 0 Å². The summed E-state index contributed by atoms with van der Waals surface area (Å²) in [6.45, 7) is 3.43. The topological polar surface area (TPSA) is 37.3 Å². The Labute approximate surface area is 71.8 Å². The third kappa shape index (κ3) is 1.92. The highest BCUT2D eigenvalue weighted by Crippen LogP contribution is 2.05. The highest BCUT2D eigenvalue weighted by Gasteiger charge is 2.10. The first-order valence-corrected chi connectivity index (χ1v) is 3.90. The molecule has 0 aliphatic heterocycles. The molecule has 0 heterocycles. The Morgan fingerprint density at radius 2 is 1.83 bits per heavy atom. The fourth-order valence-corrected chi connectivity index (χ4v) is 0.959. The molecule has 0 fully saturated rings. The lowest BCUT2D eigenvalue weighted by molar-refractivity contribution is 0.0779. The van der Waals surface area contributed by atoms with E-state index in [9.17, 15) is 4.79 Å². The van der Waals surface area contributed by atoms with Crippen molar-refractivity contribution < 1.29 is 9.90 Å². The van der Waals surface area contributed by atoms with Crippen molar-refractivity contribution in [2.75, 3.05) is 0 Å². The molecule has 2 heteroatoms. The summed E-state index contributed by atoms with van der Waals surface area (Å²) in [5, 5.41) is 8.99. The van der Waals surface area contributed by atoms with Gasteiger partial charge in [0.15, 0.2) is 5.78 Å². The Kier molecular flexibility index (Phi) is 2.61. The number of aryl methyl sites for hydroxylation is 1. The predicted octanol–water partition coefficient (Wildman–Crippen LogP) is 1.56. The molecule has 0 unspecified atom stereocenters. The zero-order chi connectivity index (χ0) is 9.14. The number of hydrogen-bond acceptors (Lipinski definition) is 2. The monoisotopic (exact) mass is 164 g/mol. The van der Waals surface area contributed by atoms with Crippen molar-refractivity contribution in [2.24, 2.45) is 0 Å². The largest absolute Gasteiger partial charge is 0.385 e. The molecule has 1 atom stereocenters. The summed E-state index contributed by atoms with van der Waals surface area (Å²) in [6.07, 6.45) is -0.910. The van der Waals surface area contributed by atoms with E-state index in [4.69, 9.17) is 5.11 Å². The maximum Gasteiger partial charge on any atom is 0.190 e. The van der Waals surface area contributed by atoms with Crippen LogP contribution in [-0.4, -0.2) is 17.0 Å². The normalized spacial score (nSPS) is 12.6. The number of Topliss-reactive ketones (excluding diaryl/α,β-unsaturated/α-hetero) is 1. The third-order valence-corrected chi connectivity index (χ3v) is 1.72. The fraction of sp³-hybridized carbons (Fsp3) is 0.300. The number of ketones is 1. The van der Waals surface area contributed by atoms with Gasteiger partial charge in [-0.3, -0.25) is 4.79 Å². The van der Waals surface area contributed by atoms with Crippen LogP contribution in [0.15, 0.2) is 24.3 Å². The minimum Gasteiger partial charge on any atom is -0.385 e. The molecule has 0 aliphatic carbocycles. The number of aliphatic hydroxyl groups excluding tert-OH is 1. The van der Waals surface area contributed by atoms with E-state index in [-0.39, 0.29) is 5.78 Å². The van der Waals surface area contributed by atoms with E-state index >= 15 is 0 Å². The van der Waals surface area contributed by atoms with Crippen LogP contribution in [0.25, 0.3) is 0 Å². The fourth-order valence-electron chi connectivity index (χ4n) is 0.959. The summed E-state index contributed by atoms with van der Waals surface area (Å²) in [7, 11) is 0. The first-order valence-electron chi connectivity index (χ1n) is 3.90. The highest BCUT2D eigenvalue weighted by molar-refractivity contribution is 5.98. The van der Waals surface area contributed by atoms with Crippen molar-refractivity contribution in [2.45, 2.75) is 20.0 Å². The summed E-state index contributed by atoms with van der Waals surface area (Å²) in [6, 6.07) is 7.17. The van der Waals surface area contributed by atoms with Crippen molar-refractivity contribution in [1.29, 1.82) is 0 Å². The molecule has 0 aliphatic rings. The van der Waals surface area contributed by atoms with Gasteiger partial charge in [-0.15, -0.1) is 0 Å². The summed E-state index contributed by atoms with van der Waals surface area (Å²) < 4.78 is 0. The van der Waals surface area contributed by atoms with E-state index in [1.54, 1.807) is 12.1 Å². The maximum atomic E-state index is 11.2. The van der Waals surface area contributed by atoms with Crippen molar-refractivity contribution in [3.05, 3.63) is 35.4 Å². The lowest BCUT2D eigenvalue weighted by Gasteiger charge is -2.02. The van der Waals surface area contributed by atoms with Crippen LogP contribution < -0.4 is 0 Å². The van der Waals surface area contributed by atoms with Crippen LogP contribution in [0.2, 0.25) is 0 Å². The van der Waals surface area contributed by atoms with Gasteiger partial charge in [0.25, 0.3) is 0 Å². The molecule has 1 rings (SSSR count). The van der Waals surface area contributed by atoms with Crippen LogP contribution in [0.3, 0.4) is 0 Å². The quantitative estimate of drug-likeness (QED) is 0.673. The van der Waals surface area contributed by atoms with Crippen molar-refractivity contribution in [3.63, 3.8) is 0 Å². The summed E-state index contributed by atoms with van der Waals surface area (Å²) in [5.41, 5.74) is 1.67. The average Bonchev–Trinajstić information content (AvgIpc) is 2.04. The van der Waals surface area contributed by atoms with Crippen molar-refractivity contribution >= 4 is 5.78 Å². The molecule has 1 aromatic rings. The van der Waals surface area contributed by atoms with Gasteiger partial charge in [-0.1, -0.05) is 29.8 Å². The number of carbonyl (C=O) groups excluding carboxylic acids is 1. The van der Waals surface area contributed by atoms with E-state index in [1.165, 1.54) is 6.92 Å². The van der Waals surface area contributed by atoms with Crippen LogP contribution in [0.5, 0.6) is 0 Å². The van der Waals surface area contributed by atoms with Crippen molar-refractivity contribution in [1.82, 2.24) is 0 Å². The van der Waals surface area contributed by atoms with E-state index < -0.39 is 6.10 Å². The van der Waals surface area contributed by atoms with Crippen LogP contribution >= 0.6 is 0 Å². The second-order valence-corrected chi connectivity index (χ2v) is 2.91. The Morgan fingerprint density at radius 1 is 1.33 bits per heavy atom. The van der Waals surface area contributed by atoms with E-state index in [0.29, 0.717) is 5.56 Å². The Morgan fingerprint density at radius 3 is 2.25 bits per heavy atom. The average molecular weight is 164 g/mol. The van der Waals surface area contributed by atoms with Crippen molar-refractivity contribution in [3.8, 4) is 0 Å². The molecular formula is C10H12O2. The molecule has 1 aromatic carbocycles. The highest BCUT2D eigenvalue weighted by atomic mass is 16.3. The summed E-state index contributed by atoms with van der Waals surface area (Å²) >= 11 is 0. The Hall–Kier alpha value is -1.15. The third-order valence-electron chi connectivity index (χ3n) is 1.72. The smallest absolute Gasteiger partial charge is 0.190 e. The summed E-state index contributed by atoms with van der Waals surface area (Å²) in [4.78, 5) is 11.2. The molecule has 0 saturated heterocycles. The van der Waals surface area contributed by atoms with Gasteiger partial charge in [0.05, 0.1) is 0 Å². The second kappa shape index (κ2) is 3.50. The standard InChI is InChI=1S/C10H12O2/c1-7-3-5-9(6-4-7)10(12)8(2)11/h3-6,8,11H,1-2H3/t8-/m0/s1. The molecule has 0 amide bonds. The van der Waals surface area contributed by atoms with E-state index in [0.717, 1.165) is 5.56 Å². The number of rotatable bonds is 2. The molecule has 0 aromatic heterocycles. The maximum absolute atomic E-state index is 11.2. The second-order valence-electron chi connectivity index (χ2n) is 2.91. The molecule has 64 valence electrons. The first kappa shape index (κ1) is 8.94. The number of aliphatic hydroxyl groups is 1. The number of carbonyl (C=O) groups is 1. The Balaban J connectivity index is 2.90. The predicted molar refractivity (Wildman–Crippen MR) is 47.2 cm³/mol. The molecule has 0 spiro atoms. The van der Waals surface area contributed by atoms with Gasteiger partial charge >= 0.3 is 0 Å². The van der Waals surface area contributed by atoms with Gasteiger partial charge < -0.3 is 5.11 Å². The molecular weight excluding hydrogens is 152 g/mol. The molecule has 2 nitrogen and oxygen atoms in total. The zero-order valence-electron chi connectivity index (χ0n) is 7.24. The SMILES string of the molecule is Cc1ccc(C(=O)[C@H](C)O)cc1. The van der Waals surface area contributed by atoms with Gasteiger partial charge in [0, 0.05) is 5.56 Å².